The van der Waals surface area contributed by atoms with Gasteiger partial charge in [0.25, 0.3) is 0 Å². The van der Waals surface area contributed by atoms with Crippen LogP contribution in [0, 0.1) is 6.92 Å². The summed E-state index contributed by atoms with van der Waals surface area (Å²) in [6.45, 7) is 4.58. The fourth-order valence-corrected chi connectivity index (χ4v) is 5.10. The molecule has 1 heterocycles. The summed E-state index contributed by atoms with van der Waals surface area (Å²) in [6.07, 6.45) is 7.54. The molecule has 4 rings (SSSR count). The second-order valence-electron chi connectivity index (χ2n) is 8.04. The van der Waals surface area contributed by atoms with Gasteiger partial charge in [0.2, 0.25) is 0 Å². The molecule has 0 spiro atoms. The van der Waals surface area contributed by atoms with Gasteiger partial charge >= 0.3 is 0 Å². The van der Waals surface area contributed by atoms with Gasteiger partial charge in [0.15, 0.2) is 0 Å². The summed E-state index contributed by atoms with van der Waals surface area (Å²) >= 11 is 0. The summed E-state index contributed by atoms with van der Waals surface area (Å²) < 4.78 is 0. The van der Waals surface area contributed by atoms with Crippen LogP contribution in [0.15, 0.2) is 48.5 Å². The zero-order chi connectivity index (χ0) is 17.3. The van der Waals surface area contributed by atoms with Crippen LogP contribution >= 0.6 is 0 Å². The van der Waals surface area contributed by atoms with Gasteiger partial charge in [-0.05, 0) is 79.8 Å². The summed E-state index contributed by atoms with van der Waals surface area (Å²) in [4.78, 5) is 2.73. The first-order chi connectivity index (χ1) is 12.2. The van der Waals surface area contributed by atoms with E-state index in [-0.39, 0.29) is 0 Å². The monoisotopic (exact) mass is 335 g/mol. The first-order valence-electron chi connectivity index (χ1n) is 9.74. The lowest BCUT2D eigenvalue weighted by atomic mass is 9.63. The number of benzene rings is 2. The molecular weight excluding hydrogens is 306 g/mol. The number of nitrogens with zero attached hydrogens (tertiary/aromatic N) is 1. The molecular formula is C23H29NO. The second-order valence-corrected chi connectivity index (χ2v) is 8.04. The van der Waals surface area contributed by atoms with E-state index in [4.69, 9.17) is 0 Å². The van der Waals surface area contributed by atoms with Crippen LogP contribution in [0.3, 0.4) is 0 Å². The average Bonchev–Trinajstić information content (AvgIpc) is 2.63. The molecule has 132 valence electrons. The molecule has 1 aliphatic heterocycles. The molecule has 0 unspecified atom stereocenters. The second kappa shape index (κ2) is 6.84. The molecule has 2 aromatic carbocycles. The number of aromatic hydroxyl groups is 1. The Bertz CT molecular complexity index is 740. The summed E-state index contributed by atoms with van der Waals surface area (Å²) in [6, 6.07) is 17.5. The highest BCUT2D eigenvalue weighted by Crippen LogP contribution is 2.47. The highest BCUT2D eigenvalue weighted by atomic mass is 16.3. The first kappa shape index (κ1) is 16.7. The van der Waals surface area contributed by atoms with Crippen LogP contribution < -0.4 is 0 Å². The SMILES string of the molecule is Cc1ccccc1CCN1CC[C@@]2(c3cccc(O)c3)CCC[C@@H]1C2. The highest BCUT2D eigenvalue weighted by molar-refractivity contribution is 5.34. The van der Waals surface area contributed by atoms with Crippen LogP contribution in [-0.2, 0) is 11.8 Å². The van der Waals surface area contributed by atoms with E-state index in [1.165, 1.54) is 61.9 Å². The number of phenols is 1. The van der Waals surface area contributed by atoms with Crippen LogP contribution in [0.25, 0.3) is 0 Å². The van der Waals surface area contributed by atoms with Crippen molar-refractivity contribution in [3.05, 3.63) is 65.2 Å². The molecule has 2 aromatic rings. The smallest absolute Gasteiger partial charge is 0.115 e. The third-order valence-corrected chi connectivity index (χ3v) is 6.60. The number of piperidine rings is 1. The molecule has 1 saturated carbocycles. The normalized spacial score (nSPS) is 26.5. The van der Waals surface area contributed by atoms with Crippen molar-refractivity contribution < 1.29 is 5.11 Å². The molecule has 2 bridgehead atoms. The van der Waals surface area contributed by atoms with E-state index in [1.807, 2.05) is 12.1 Å². The van der Waals surface area contributed by atoms with E-state index < -0.39 is 0 Å². The van der Waals surface area contributed by atoms with E-state index in [0.717, 1.165) is 6.42 Å². The number of hydrogen-bond acceptors (Lipinski definition) is 2. The lowest BCUT2D eigenvalue weighted by Crippen LogP contribution is -2.52. The molecule has 1 saturated heterocycles. The minimum atomic E-state index is 0.292. The summed E-state index contributed by atoms with van der Waals surface area (Å²) in [5.74, 6) is 0.413. The van der Waals surface area contributed by atoms with Crippen molar-refractivity contribution >= 4 is 0 Å². The van der Waals surface area contributed by atoms with Crippen molar-refractivity contribution in [3.8, 4) is 5.75 Å². The zero-order valence-corrected chi connectivity index (χ0v) is 15.2. The van der Waals surface area contributed by atoms with Crippen molar-refractivity contribution in [1.82, 2.24) is 4.90 Å². The molecule has 2 fully saturated rings. The fourth-order valence-electron chi connectivity index (χ4n) is 5.10. The van der Waals surface area contributed by atoms with E-state index in [9.17, 15) is 5.11 Å². The van der Waals surface area contributed by atoms with Crippen LogP contribution in [0.5, 0.6) is 5.75 Å². The topological polar surface area (TPSA) is 23.5 Å². The number of fused-ring (bicyclic) bond motifs is 2. The zero-order valence-electron chi connectivity index (χ0n) is 15.2. The van der Waals surface area contributed by atoms with Crippen molar-refractivity contribution in [2.45, 2.75) is 56.9 Å². The van der Waals surface area contributed by atoms with E-state index in [1.54, 1.807) is 6.07 Å². The standard InChI is InChI=1S/C23H29NO/c1-18-6-2-3-7-19(18)11-14-24-15-13-23(12-5-9-21(24)17-23)20-8-4-10-22(25)16-20/h2-4,6-8,10,16,21,25H,5,9,11-15,17H2,1H3/t21-,23+/m1/s1. The third-order valence-electron chi connectivity index (χ3n) is 6.60. The van der Waals surface area contributed by atoms with Gasteiger partial charge in [-0.3, -0.25) is 4.90 Å². The first-order valence-corrected chi connectivity index (χ1v) is 9.74. The Labute approximate surface area is 151 Å². The summed E-state index contributed by atoms with van der Waals surface area (Å²) in [7, 11) is 0. The number of hydrogen-bond donors (Lipinski definition) is 1. The molecule has 0 amide bonds. The predicted octanol–water partition coefficient (Wildman–Crippen LogP) is 4.83. The highest BCUT2D eigenvalue weighted by Gasteiger charge is 2.43. The molecule has 1 N–H and O–H groups in total. The Morgan fingerprint density at radius 3 is 2.84 bits per heavy atom. The maximum atomic E-state index is 9.92. The molecule has 25 heavy (non-hydrogen) atoms. The van der Waals surface area contributed by atoms with Crippen LogP contribution in [-0.4, -0.2) is 29.1 Å². The van der Waals surface area contributed by atoms with E-state index >= 15 is 0 Å². The largest absolute Gasteiger partial charge is 0.508 e. The molecule has 2 aliphatic rings. The lowest BCUT2D eigenvalue weighted by molar-refractivity contribution is 0.0524. The third kappa shape index (κ3) is 3.32. The maximum Gasteiger partial charge on any atom is 0.115 e. The van der Waals surface area contributed by atoms with Gasteiger partial charge in [-0.25, -0.2) is 0 Å². The minimum absolute atomic E-state index is 0.292. The Morgan fingerprint density at radius 1 is 1.12 bits per heavy atom. The Morgan fingerprint density at radius 2 is 2.00 bits per heavy atom. The quantitative estimate of drug-likeness (QED) is 0.865. The summed E-state index contributed by atoms with van der Waals surface area (Å²) in [5, 5.41) is 9.92. The fraction of sp³-hybridized carbons (Fsp3) is 0.478. The van der Waals surface area contributed by atoms with Crippen molar-refractivity contribution in [3.63, 3.8) is 0 Å². The lowest BCUT2D eigenvalue weighted by Gasteiger charge is -2.51. The molecule has 1 aliphatic carbocycles. The van der Waals surface area contributed by atoms with Crippen molar-refractivity contribution in [2.24, 2.45) is 0 Å². The number of rotatable bonds is 4. The average molecular weight is 335 g/mol. The number of aryl methyl sites for hydroxylation is 1. The van der Waals surface area contributed by atoms with Crippen molar-refractivity contribution in [2.75, 3.05) is 13.1 Å². The molecule has 2 heteroatoms. The van der Waals surface area contributed by atoms with Gasteiger partial charge < -0.3 is 5.11 Å². The maximum absolute atomic E-state index is 9.92. The molecule has 2 nitrogen and oxygen atoms in total. The van der Waals surface area contributed by atoms with Crippen molar-refractivity contribution in [1.29, 1.82) is 0 Å². The molecule has 2 atom stereocenters. The Hall–Kier alpha value is -1.80. The van der Waals surface area contributed by atoms with Crippen LogP contribution in [0.2, 0.25) is 0 Å². The van der Waals surface area contributed by atoms with Gasteiger partial charge in [0, 0.05) is 12.6 Å². The van der Waals surface area contributed by atoms with Gasteiger partial charge in [-0.15, -0.1) is 0 Å². The Balaban J connectivity index is 1.46. The summed E-state index contributed by atoms with van der Waals surface area (Å²) in [5.41, 5.74) is 4.55. The van der Waals surface area contributed by atoms with Gasteiger partial charge in [0.05, 0.1) is 0 Å². The van der Waals surface area contributed by atoms with E-state index in [2.05, 4.69) is 42.2 Å². The van der Waals surface area contributed by atoms with Gasteiger partial charge in [-0.1, -0.05) is 42.8 Å². The van der Waals surface area contributed by atoms with Crippen LogP contribution in [0.1, 0.15) is 48.8 Å². The van der Waals surface area contributed by atoms with Crippen LogP contribution in [0.4, 0.5) is 0 Å². The predicted molar refractivity (Wildman–Crippen MR) is 103 cm³/mol. The van der Waals surface area contributed by atoms with Gasteiger partial charge in [-0.2, -0.15) is 0 Å². The Kier molecular flexibility index (Phi) is 4.56. The van der Waals surface area contributed by atoms with Gasteiger partial charge in [0.1, 0.15) is 5.75 Å². The number of phenolic OH excluding ortho intramolecular Hbond substituents is 1. The minimum Gasteiger partial charge on any atom is -0.508 e. The molecule has 0 aromatic heterocycles. The van der Waals surface area contributed by atoms with E-state index in [0.29, 0.717) is 17.2 Å². The number of likely N-dealkylation sites (tertiary alicyclic amines) is 1. The molecule has 0 radical (unpaired) electrons.